The zero-order valence-electron chi connectivity index (χ0n) is 13.3. The number of aryl methyl sites for hydroxylation is 1. The van der Waals surface area contributed by atoms with Gasteiger partial charge in [0.25, 0.3) is 0 Å². The molecule has 0 aliphatic carbocycles. The molecular formula is C18H22O. The van der Waals surface area contributed by atoms with Crippen LogP contribution < -0.4 is 0 Å². The minimum Gasteiger partial charge on any atom is -0.393 e. The highest BCUT2D eigenvalue weighted by Gasteiger charge is 2.14. The third kappa shape index (κ3) is 4.53. The molecule has 0 fully saturated rings. The normalized spacial score (nSPS) is 18.8. The van der Waals surface area contributed by atoms with E-state index in [1.807, 2.05) is 60.7 Å². The molecular weight excluding hydrogens is 232 g/mol. The lowest BCUT2D eigenvalue weighted by molar-refractivity contribution is 0.172. The van der Waals surface area contributed by atoms with Gasteiger partial charge in [0, 0.05) is 1.37 Å². The summed E-state index contributed by atoms with van der Waals surface area (Å²) in [6, 6.07) is 19.6. The second kappa shape index (κ2) is 7.10. The van der Waals surface area contributed by atoms with Gasteiger partial charge in [-0.3, -0.25) is 0 Å². The van der Waals surface area contributed by atoms with Crippen LogP contribution in [0.3, 0.4) is 0 Å². The van der Waals surface area contributed by atoms with Crippen molar-refractivity contribution >= 4 is 0 Å². The number of hydrogen-bond acceptors (Lipinski definition) is 1. The summed E-state index contributed by atoms with van der Waals surface area (Å²) < 4.78 is 16.5. The largest absolute Gasteiger partial charge is 0.393 e. The Morgan fingerprint density at radius 2 is 1.58 bits per heavy atom. The first kappa shape index (κ1) is 11.2. The van der Waals surface area contributed by atoms with Gasteiger partial charge >= 0.3 is 0 Å². The van der Waals surface area contributed by atoms with Gasteiger partial charge in [-0.1, -0.05) is 60.7 Å². The fraction of sp³-hybridized carbons (Fsp3) is 0.333. The van der Waals surface area contributed by atoms with E-state index < -0.39 is 12.0 Å². The van der Waals surface area contributed by atoms with E-state index in [2.05, 4.69) is 0 Å². The molecule has 1 N–H and O–H groups in total. The van der Waals surface area contributed by atoms with Crippen LogP contribution in [0.2, 0.25) is 0 Å². The van der Waals surface area contributed by atoms with Gasteiger partial charge in [-0.15, -0.1) is 0 Å². The van der Waals surface area contributed by atoms with Crippen LogP contribution in [-0.2, 0) is 6.42 Å². The molecule has 2 rings (SSSR count). The summed E-state index contributed by atoms with van der Waals surface area (Å²) >= 11 is 0. The summed E-state index contributed by atoms with van der Waals surface area (Å²) in [5.41, 5.74) is 2.03. The first-order valence-corrected chi connectivity index (χ1v) is 6.71. The average molecular weight is 256 g/mol. The molecule has 0 spiro atoms. The van der Waals surface area contributed by atoms with E-state index in [1.54, 1.807) is 0 Å². The maximum atomic E-state index is 9.86. The van der Waals surface area contributed by atoms with Gasteiger partial charge in [-0.25, -0.2) is 0 Å². The van der Waals surface area contributed by atoms with Crippen LogP contribution in [0.15, 0.2) is 60.7 Å². The molecule has 100 valence electrons. The van der Waals surface area contributed by atoms with E-state index in [0.717, 1.165) is 12.0 Å². The smallest absolute Gasteiger partial charge is 0.0598 e. The molecule has 0 aromatic heterocycles. The predicted octanol–water partition coefficient (Wildman–Crippen LogP) is 4.17. The number of benzene rings is 2. The molecule has 0 radical (unpaired) electrons. The van der Waals surface area contributed by atoms with E-state index in [-0.39, 0.29) is 6.42 Å². The van der Waals surface area contributed by atoms with E-state index >= 15 is 0 Å². The molecule has 2 unspecified atom stereocenters. The van der Waals surface area contributed by atoms with E-state index in [4.69, 9.17) is 2.74 Å². The lowest BCUT2D eigenvalue weighted by Crippen LogP contribution is -2.09. The van der Waals surface area contributed by atoms with Gasteiger partial charge in [0.05, 0.1) is 7.45 Å². The predicted molar refractivity (Wildman–Crippen MR) is 80.2 cm³/mol. The number of aliphatic hydroxyl groups is 1. The molecule has 1 nitrogen and oxygen atoms in total. The Morgan fingerprint density at radius 3 is 2.16 bits per heavy atom. The minimum absolute atomic E-state index is 0.0941. The van der Waals surface area contributed by atoms with E-state index in [0.29, 0.717) is 6.42 Å². The molecule has 0 aliphatic rings. The summed E-state index contributed by atoms with van der Waals surface area (Å²) in [6.07, 6.45) is -0.170. The Labute approximate surface area is 118 Å². The molecule has 1 heteroatoms. The Hall–Kier alpha value is -1.60. The summed E-state index contributed by atoms with van der Waals surface area (Å²) in [5.74, 6) is -0.956. The quantitative estimate of drug-likeness (QED) is 0.822. The minimum atomic E-state index is -1.60. The van der Waals surface area contributed by atoms with Gasteiger partial charge in [-0.05, 0) is 43.2 Å². The first-order valence-electron chi connectivity index (χ1n) is 7.71. The third-order valence-corrected chi connectivity index (χ3v) is 3.21. The second-order valence-electron chi connectivity index (χ2n) is 4.87. The highest BCUT2D eigenvalue weighted by molar-refractivity contribution is 5.21. The zero-order chi connectivity index (χ0) is 15.3. The zero-order valence-corrected chi connectivity index (χ0v) is 11.3. The van der Waals surface area contributed by atoms with Crippen LogP contribution in [0.1, 0.15) is 39.5 Å². The van der Waals surface area contributed by atoms with Crippen LogP contribution in [0.5, 0.6) is 0 Å². The molecule has 0 amide bonds. The Balaban J connectivity index is 2.20. The van der Waals surface area contributed by atoms with Gasteiger partial charge in [0.15, 0.2) is 0 Å². The van der Waals surface area contributed by atoms with E-state index in [9.17, 15) is 5.11 Å². The summed E-state index contributed by atoms with van der Waals surface area (Å²) in [5, 5.41) is 9.86. The SMILES string of the molecule is [2H]C(C)(O)CC([2H])(CCc1ccccc1)c1ccccc1. The molecule has 0 saturated carbocycles. The maximum absolute atomic E-state index is 9.86. The van der Waals surface area contributed by atoms with Crippen molar-refractivity contribution in [3.63, 3.8) is 0 Å². The van der Waals surface area contributed by atoms with Crippen molar-refractivity contribution < 1.29 is 7.85 Å². The Kier molecular flexibility index (Phi) is 4.20. The molecule has 0 heterocycles. The van der Waals surface area contributed by atoms with Crippen molar-refractivity contribution in [3.8, 4) is 0 Å². The first-order chi connectivity index (χ1) is 9.89. The van der Waals surface area contributed by atoms with Crippen molar-refractivity contribution in [2.75, 3.05) is 0 Å². The van der Waals surface area contributed by atoms with Crippen LogP contribution in [-0.4, -0.2) is 11.2 Å². The molecule has 0 saturated heterocycles. The lowest BCUT2D eigenvalue weighted by Gasteiger charge is -2.19. The maximum Gasteiger partial charge on any atom is 0.0598 e. The second-order valence-corrected chi connectivity index (χ2v) is 4.87. The third-order valence-electron chi connectivity index (χ3n) is 3.21. The van der Waals surface area contributed by atoms with Gasteiger partial charge in [0.2, 0.25) is 0 Å². The molecule has 2 aromatic rings. The fourth-order valence-electron chi connectivity index (χ4n) is 2.26. The van der Waals surface area contributed by atoms with Crippen LogP contribution in [0.4, 0.5) is 0 Å². The van der Waals surface area contributed by atoms with Crippen molar-refractivity contribution in [1.82, 2.24) is 0 Å². The van der Waals surface area contributed by atoms with Crippen LogP contribution in [0, 0.1) is 0 Å². The molecule has 2 aromatic carbocycles. The van der Waals surface area contributed by atoms with Crippen LogP contribution >= 0.6 is 0 Å². The van der Waals surface area contributed by atoms with Crippen molar-refractivity contribution in [1.29, 1.82) is 0 Å². The summed E-state index contributed by atoms with van der Waals surface area (Å²) in [4.78, 5) is 0. The van der Waals surface area contributed by atoms with Crippen molar-refractivity contribution in [3.05, 3.63) is 71.8 Å². The Morgan fingerprint density at radius 1 is 1.00 bits per heavy atom. The molecule has 0 bridgehead atoms. The average Bonchev–Trinajstić information content (AvgIpc) is 2.46. The Bertz CT molecular complexity index is 548. The molecule has 2 atom stereocenters. The van der Waals surface area contributed by atoms with Gasteiger partial charge < -0.3 is 5.11 Å². The lowest BCUT2D eigenvalue weighted by atomic mass is 9.88. The highest BCUT2D eigenvalue weighted by Crippen LogP contribution is 2.26. The van der Waals surface area contributed by atoms with Gasteiger partial charge in [0.1, 0.15) is 0 Å². The fourth-order valence-corrected chi connectivity index (χ4v) is 2.26. The monoisotopic (exact) mass is 256 g/mol. The van der Waals surface area contributed by atoms with Crippen molar-refractivity contribution in [2.24, 2.45) is 0 Å². The number of rotatable bonds is 6. The van der Waals surface area contributed by atoms with Crippen molar-refractivity contribution in [2.45, 2.75) is 38.2 Å². The molecule has 19 heavy (non-hydrogen) atoms. The summed E-state index contributed by atoms with van der Waals surface area (Å²) in [7, 11) is 0. The summed E-state index contributed by atoms with van der Waals surface area (Å²) in [6.45, 7) is 1.45. The standard InChI is InChI=1S/C18H22O/c1-15(19)14-18(17-10-6-3-7-11-17)13-12-16-8-4-2-5-9-16/h2-11,15,18-19H,12-14H2,1H3/i15D,18D. The highest BCUT2D eigenvalue weighted by atomic mass is 16.3. The number of hydrogen-bond donors (Lipinski definition) is 1. The topological polar surface area (TPSA) is 20.2 Å². The van der Waals surface area contributed by atoms with Crippen LogP contribution in [0.25, 0.3) is 0 Å². The van der Waals surface area contributed by atoms with E-state index in [1.165, 1.54) is 12.5 Å². The van der Waals surface area contributed by atoms with Gasteiger partial charge in [-0.2, -0.15) is 0 Å². The molecule has 0 aliphatic heterocycles.